The van der Waals surface area contributed by atoms with Gasteiger partial charge >= 0.3 is 18.2 Å². The number of ether oxygens (including phenoxy) is 4. The Hall–Kier alpha value is -8.90. The van der Waals surface area contributed by atoms with E-state index in [-0.39, 0.29) is 93.7 Å². The number of carbonyl (C=O) groups is 8. The van der Waals surface area contributed by atoms with Crippen molar-refractivity contribution in [1.82, 2.24) is 45.1 Å². The van der Waals surface area contributed by atoms with Crippen molar-refractivity contribution < 1.29 is 128 Å². The van der Waals surface area contributed by atoms with Gasteiger partial charge in [0.05, 0.1) is 81.8 Å². The van der Waals surface area contributed by atoms with E-state index in [9.17, 15) is 77.9 Å². The molecule has 2 aromatic heterocycles. The number of aliphatic carboxylic acids is 1. The number of Topliss-reactive ketones (excluding diaryl/α,β-unsaturated/α-hetero) is 2. The molecule has 10 atom stereocenters. The maximum atomic E-state index is 14.5. The van der Waals surface area contributed by atoms with Gasteiger partial charge in [0.15, 0.2) is 11.6 Å². The van der Waals surface area contributed by atoms with E-state index in [2.05, 4.69) is 19.0 Å². The first-order valence-corrected chi connectivity index (χ1v) is 39.9. The third kappa shape index (κ3) is 20.3. The van der Waals surface area contributed by atoms with Crippen molar-refractivity contribution >= 4 is 110 Å². The molecule has 0 spiro atoms. The Labute approximate surface area is 677 Å². The van der Waals surface area contributed by atoms with Crippen LogP contribution in [-0.2, 0) is 58.3 Å². The molecule has 27 nitrogen and oxygen atoms in total. The van der Waals surface area contributed by atoms with Gasteiger partial charge in [0.2, 0.25) is 62.4 Å². The molecule has 113 heavy (non-hydrogen) atoms. The number of benzene rings is 4. The number of nitrogens with one attached hydrogen (secondary N) is 3. The number of primary sulfonamides is 1. The van der Waals surface area contributed by atoms with Crippen LogP contribution in [0.15, 0.2) is 109 Å². The van der Waals surface area contributed by atoms with Crippen molar-refractivity contribution in [2.75, 3.05) is 26.3 Å². The molecular formula is C78H89BF4N10O17S2U. The topological polar surface area (TPSA) is 382 Å². The van der Waals surface area contributed by atoms with Crippen LogP contribution < -0.4 is 30.0 Å². The number of nitrogens with two attached hydrogens (primary N) is 1. The SMILES string of the molecule is CC(C)(C)[C@@H]1NC(=O)OCC/C=C/c2cccc(c2)-c2nc3ccccc3nc2O[C@@H]2C[C@@H](C(=O)C[C@]3(C(=O)NS(=O)(=O)C4CC4)C[C@H]3C(F)F)N(C2)C1=O.CC(C)(C)[C@@H]1NC(=O)OCC/C=C/c2cccc(c2)-c2nc3ccccc3nc2O[C@@H]2C[C@@H](C(=O)C[C@]3(C(=O)O)C[C@H]3C(F)F)N(C2)C1=O.NS(=O)(=O)C1CC1.[2H][B].[U]. The maximum Gasteiger partial charge on any atom is 0.407 e. The zero-order chi connectivity index (χ0) is 81.9. The molecule has 2 radical (unpaired) electrons. The van der Waals surface area contributed by atoms with Crippen molar-refractivity contribution in [3.8, 4) is 34.3 Å². The second-order valence-electron chi connectivity index (χ2n) is 31.6. The average molecular weight is 1830 g/mol. The van der Waals surface area contributed by atoms with Gasteiger partial charge in [-0.3, -0.25) is 33.5 Å². The molecule has 4 aliphatic carbocycles. The number of amides is 5. The van der Waals surface area contributed by atoms with Gasteiger partial charge in [0.25, 0.3) is 0 Å². The predicted octanol–water partition coefficient (Wildman–Crippen LogP) is 9.35. The number of nitrogens with zero attached hydrogens (tertiary/aromatic N) is 6. The minimum atomic E-state index is -4.10. The number of carboxylic acids is 1. The van der Waals surface area contributed by atoms with Gasteiger partial charge in [-0.1, -0.05) is 127 Å². The molecule has 600 valence electrons. The van der Waals surface area contributed by atoms with E-state index in [0.717, 1.165) is 24.0 Å². The quantitative estimate of drug-likeness (QED) is 0.0530. The first-order chi connectivity index (χ1) is 53.4. The Morgan fingerprint density at radius 3 is 1.35 bits per heavy atom. The number of hydrogen-bond acceptors (Lipinski definition) is 20. The summed E-state index contributed by atoms with van der Waals surface area (Å²) < 4.78 is 132. The summed E-state index contributed by atoms with van der Waals surface area (Å²) >= 11 is 0. The van der Waals surface area contributed by atoms with Crippen LogP contribution >= 0.6 is 0 Å². The first kappa shape index (κ1) is 85.0. The zero-order valence-corrected chi connectivity index (χ0v) is 68.7. The zero-order valence-electron chi connectivity index (χ0n) is 63.9. The van der Waals surface area contributed by atoms with E-state index in [1.54, 1.807) is 59.7 Å². The third-order valence-electron chi connectivity index (χ3n) is 21.1. The predicted molar refractivity (Wildman–Crippen MR) is 405 cm³/mol. The number of halogens is 4. The number of ketones is 2. The van der Waals surface area contributed by atoms with Gasteiger partial charge in [-0.05, 0) is 111 Å². The van der Waals surface area contributed by atoms with Crippen LogP contribution in [0.4, 0.5) is 27.2 Å². The fourth-order valence-corrected chi connectivity index (χ4v) is 16.6. The van der Waals surface area contributed by atoms with Crippen molar-refractivity contribution in [3.05, 3.63) is 120 Å². The Bertz CT molecular complexity index is 4960. The number of carboxylic acid groups (broad SMARTS) is 1. The Balaban J connectivity index is 0.000000217. The van der Waals surface area contributed by atoms with E-state index in [4.69, 9.17) is 45.4 Å². The molecule has 4 aliphatic heterocycles. The molecule has 0 unspecified atom stereocenters. The summed E-state index contributed by atoms with van der Waals surface area (Å²) in [6, 6.07) is 24.7. The number of hydrogen-bond donors (Lipinski definition) is 5. The van der Waals surface area contributed by atoms with Gasteiger partial charge in [-0.25, -0.2) is 69.1 Å². The van der Waals surface area contributed by atoms with Crippen LogP contribution in [0.25, 0.3) is 56.7 Å². The van der Waals surface area contributed by atoms with E-state index in [1.807, 2.05) is 108 Å². The average Bonchev–Trinajstić information content (AvgIpc) is 1.57. The number of carbonyl (C=O) groups excluding carboxylic acids is 7. The minimum Gasteiger partial charge on any atom is -0.481 e. The molecule has 35 heteroatoms. The van der Waals surface area contributed by atoms with Crippen LogP contribution in [0.2, 0.25) is 0 Å². The van der Waals surface area contributed by atoms with Gasteiger partial charge in [0.1, 0.15) is 35.7 Å². The van der Waals surface area contributed by atoms with E-state index in [1.165, 1.54) is 9.80 Å². The van der Waals surface area contributed by atoms with E-state index in [0.29, 0.717) is 70.3 Å². The number of rotatable bonds is 13. The number of fused-ring (bicyclic) bond motifs is 14. The second-order valence-corrected chi connectivity index (χ2v) is 35.5. The minimum absolute atomic E-state index is 0. The fourth-order valence-electron chi connectivity index (χ4n) is 14.4. The fraction of sp³-hybridized carbons (Fsp3) is 0.487. The van der Waals surface area contributed by atoms with Crippen molar-refractivity contribution in [1.29, 1.82) is 1.34 Å². The molecular weight excluding hydrogens is 1740 g/mol. The van der Waals surface area contributed by atoms with Crippen LogP contribution in [0.1, 0.15) is 130 Å². The molecule has 6 heterocycles. The summed E-state index contributed by atoms with van der Waals surface area (Å²) in [4.78, 5) is 130. The van der Waals surface area contributed by atoms with E-state index >= 15 is 0 Å². The van der Waals surface area contributed by atoms with Crippen molar-refractivity contribution in [2.24, 2.45) is 38.6 Å². The van der Waals surface area contributed by atoms with Gasteiger partial charge in [-0.2, -0.15) is 0 Å². The summed E-state index contributed by atoms with van der Waals surface area (Å²) in [5.74, 6) is -7.98. The molecule has 2 saturated heterocycles. The Kier molecular flexibility index (Phi) is 26.1. The number of para-hydroxylation sites is 4. The summed E-state index contributed by atoms with van der Waals surface area (Å²) in [6.45, 7) is 10.2. The molecule has 8 aliphatic rings. The Morgan fingerprint density at radius 2 is 1.00 bits per heavy atom. The summed E-state index contributed by atoms with van der Waals surface area (Å²) in [7, 11) is -3.48. The maximum absolute atomic E-state index is 14.5. The molecule has 6 aromatic rings. The summed E-state index contributed by atoms with van der Waals surface area (Å²) in [6.07, 6.45) is -1.11. The van der Waals surface area contributed by atoms with Crippen molar-refractivity contribution in [2.45, 2.75) is 178 Å². The number of aromatic nitrogens is 4. The normalized spacial score (nSPS) is 25.9. The van der Waals surface area contributed by atoms with Gasteiger partial charge < -0.3 is 44.5 Å². The standard InChI is InChI=1S/C39H43F2N5O8S.C36H38F2N4O7.C3H7NO2S.BH.U/c1-38(2,3)32-35(48)46-21-24(18-29(46)30(47)20-39(19-26(39)33(40)41)36(49)45-55(51,52)25-14-15-25)54-34-31(42-27-12-4-5-13-28(27)43-34)23-11-8-10-22(17-23)9-6-7-16-53-37(50)44-32;1-35(2,3)29-32(44)42-19-22(16-26(42)27(43)18-36(33(45)46)17-23(36)30(37)38)49-31-28(39-24-12-4-5-13-25(24)40-31)21-11-8-10-20(15-21)9-6-7-14-48-34(47)41-29;4-7(5,6)3-1-2-3;;/h4-6,8-13,17,24-26,29,32-33H,7,14-16,18-21H2,1-3H3,(H,44,50)(H,45,49);4-6,8-13,15,22-23,26,29-30H,7,14,16-19H2,1-3H3,(H,41,47)(H,45,46);3H,1-2H2,(H2,4,5,6);1H;/b2*9-6+;;;/t24-,26+,29+,32-,39-;22-,23+,26+,29-,36-;;;/m11.../s1/i;;;1D;. The monoisotopic (exact) mass is 1830 g/mol. The van der Waals surface area contributed by atoms with Crippen LogP contribution in [0, 0.1) is 64.6 Å². The molecule has 5 amide bonds. The molecule has 6 N–H and O–H groups in total. The second kappa shape index (κ2) is 34.7. The molecule has 14 rings (SSSR count). The molecule has 4 saturated carbocycles. The first-order valence-electron chi connectivity index (χ1n) is 37.3. The largest absolute Gasteiger partial charge is 0.481 e. The molecule has 4 aromatic carbocycles. The van der Waals surface area contributed by atoms with Crippen LogP contribution in [-0.4, -0.2) is 195 Å². The van der Waals surface area contributed by atoms with Crippen LogP contribution in [0.3, 0.4) is 0 Å². The number of alkyl halides is 4. The smallest absolute Gasteiger partial charge is 0.407 e. The molecule has 8 bridgehead atoms. The van der Waals surface area contributed by atoms with Gasteiger partial charge in [0, 0.05) is 88.1 Å². The number of sulfonamides is 2. The third-order valence-corrected chi connectivity index (χ3v) is 24.3. The summed E-state index contributed by atoms with van der Waals surface area (Å²) in [5, 5.41) is 18.9. The van der Waals surface area contributed by atoms with Gasteiger partial charge in [-0.15, -0.1) is 0 Å². The molecule has 6 fully saturated rings. The number of alkyl carbamates (subject to hydrolysis) is 2. The van der Waals surface area contributed by atoms with E-state index < -0.39 is 175 Å². The number of cyclic esters (lactones) is 2. The van der Waals surface area contributed by atoms with Crippen molar-refractivity contribution in [3.63, 3.8) is 0 Å². The van der Waals surface area contributed by atoms with Crippen LogP contribution in [0.5, 0.6) is 11.8 Å². The Morgan fingerprint density at radius 1 is 0.611 bits per heavy atom. The summed E-state index contributed by atoms with van der Waals surface area (Å²) in [5.41, 5.74) is 0.635.